The number of nitrogens with one attached hydrogen (secondary N) is 1. The summed E-state index contributed by atoms with van der Waals surface area (Å²) in [5.41, 5.74) is 3.39. The number of carbonyl (C=O) groups is 1. The third kappa shape index (κ3) is 4.09. The number of rotatable bonds is 8. The van der Waals surface area contributed by atoms with Crippen LogP contribution in [0.5, 0.6) is 11.5 Å². The Morgan fingerprint density at radius 1 is 1.24 bits per heavy atom. The van der Waals surface area contributed by atoms with Crippen LogP contribution in [0, 0.1) is 0 Å². The summed E-state index contributed by atoms with van der Waals surface area (Å²) in [6.45, 7) is 4.03. The number of benzene rings is 2. The average Bonchev–Trinajstić information content (AvgIpc) is 3.54. The summed E-state index contributed by atoms with van der Waals surface area (Å²) in [4.78, 5) is 15.4. The number of fused-ring (bicyclic) bond motifs is 1. The van der Waals surface area contributed by atoms with Crippen LogP contribution in [0.15, 0.2) is 48.5 Å². The van der Waals surface area contributed by atoms with Gasteiger partial charge in [0.15, 0.2) is 0 Å². The lowest BCUT2D eigenvalue weighted by atomic mass is 9.95. The molecule has 2 atom stereocenters. The third-order valence-electron chi connectivity index (χ3n) is 6.39. The summed E-state index contributed by atoms with van der Waals surface area (Å²) in [7, 11) is 0. The molecule has 7 nitrogen and oxygen atoms in total. The average molecular weight is 448 g/mol. The molecule has 3 aromatic rings. The standard InChI is InChI=1S/C26H29N3O4/c1-2-3-13-32-18-9-6-8-17(15-18)25-22-23(20-11-4-5-12-21(20)30)27-28-24(22)26(31)29(25)16-19-10-7-14-33-19/h4-6,8-9,11-12,15,19,25,30H,2-3,7,10,13-14,16H2,1H3,(H,27,28)/t19-,25-/m0/s1. The van der Waals surface area contributed by atoms with E-state index in [0.717, 1.165) is 49.2 Å². The van der Waals surface area contributed by atoms with Gasteiger partial charge >= 0.3 is 0 Å². The maximum absolute atomic E-state index is 13.5. The Labute approximate surface area is 193 Å². The molecule has 1 fully saturated rings. The number of unbranched alkanes of at least 4 members (excludes halogenated alkanes) is 1. The lowest BCUT2D eigenvalue weighted by molar-refractivity contribution is 0.0495. The molecule has 2 aromatic carbocycles. The number of hydrogen-bond acceptors (Lipinski definition) is 5. The Morgan fingerprint density at radius 3 is 2.91 bits per heavy atom. The minimum Gasteiger partial charge on any atom is -0.507 e. The Bertz CT molecular complexity index is 1140. The molecule has 2 aliphatic heterocycles. The number of para-hydroxylation sites is 1. The predicted molar refractivity (Wildman–Crippen MR) is 124 cm³/mol. The number of phenolic OH excluding ortho intramolecular Hbond substituents is 1. The molecule has 0 saturated carbocycles. The Kier molecular flexibility index (Phi) is 6.05. The highest BCUT2D eigenvalue weighted by molar-refractivity contribution is 6.00. The van der Waals surface area contributed by atoms with Gasteiger partial charge in [0.25, 0.3) is 5.91 Å². The van der Waals surface area contributed by atoms with Crippen LogP contribution in [0.25, 0.3) is 11.3 Å². The fraction of sp³-hybridized carbons (Fsp3) is 0.385. The van der Waals surface area contributed by atoms with Crippen LogP contribution in [-0.2, 0) is 4.74 Å². The van der Waals surface area contributed by atoms with E-state index < -0.39 is 0 Å². The molecule has 5 rings (SSSR count). The maximum atomic E-state index is 13.5. The second-order valence-electron chi connectivity index (χ2n) is 8.65. The van der Waals surface area contributed by atoms with E-state index >= 15 is 0 Å². The van der Waals surface area contributed by atoms with Crippen molar-refractivity contribution in [1.29, 1.82) is 0 Å². The topological polar surface area (TPSA) is 87.7 Å². The lowest BCUT2D eigenvalue weighted by Gasteiger charge is -2.28. The van der Waals surface area contributed by atoms with Crippen molar-refractivity contribution in [3.05, 3.63) is 65.4 Å². The number of ether oxygens (including phenoxy) is 2. The summed E-state index contributed by atoms with van der Waals surface area (Å²) in [6, 6.07) is 14.7. The Balaban J connectivity index is 1.57. The highest BCUT2D eigenvalue weighted by Gasteiger charge is 2.43. The molecule has 1 aromatic heterocycles. The first kappa shape index (κ1) is 21.5. The van der Waals surface area contributed by atoms with E-state index in [1.54, 1.807) is 12.1 Å². The van der Waals surface area contributed by atoms with Crippen molar-refractivity contribution < 1.29 is 19.4 Å². The number of H-pyrrole nitrogens is 1. The van der Waals surface area contributed by atoms with Gasteiger partial charge in [-0.3, -0.25) is 9.89 Å². The van der Waals surface area contributed by atoms with E-state index in [-0.39, 0.29) is 23.8 Å². The maximum Gasteiger partial charge on any atom is 0.273 e. The molecule has 0 aliphatic carbocycles. The van der Waals surface area contributed by atoms with Crippen LogP contribution in [0.4, 0.5) is 0 Å². The van der Waals surface area contributed by atoms with Crippen molar-refractivity contribution in [1.82, 2.24) is 15.1 Å². The summed E-state index contributed by atoms with van der Waals surface area (Å²) in [5, 5.41) is 17.9. The smallest absolute Gasteiger partial charge is 0.273 e. The van der Waals surface area contributed by atoms with Gasteiger partial charge in [-0.25, -0.2) is 0 Å². The van der Waals surface area contributed by atoms with E-state index in [1.807, 2.05) is 41.3 Å². The minimum absolute atomic E-state index is 0.0194. The first-order valence-corrected chi connectivity index (χ1v) is 11.7. The van der Waals surface area contributed by atoms with Crippen molar-refractivity contribution >= 4 is 5.91 Å². The summed E-state index contributed by atoms with van der Waals surface area (Å²) in [5.74, 6) is 0.815. The zero-order valence-electron chi connectivity index (χ0n) is 18.8. The summed E-state index contributed by atoms with van der Waals surface area (Å²) < 4.78 is 11.8. The highest BCUT2D eigenvalue weighted by atomic mass is 16.5. The SMILES string of the molecule is CCCCOc1cccc([C@H]2c3c(-c4ccccc4O)n[nH]c3C(=O)N2C[C@@H]2CCCO2)c1. The van der Waals surface area contributed by atoms with Crippen molar-refractivity contribution in [3.63, 3.8) is 0 Å². The second kappa shape index (κ2) is 9.27. The molecule has 7 heteroatoms. The monoisotopic (exact) mass is 447 g/mol. The van der Waals surface area contributed by atoms with Crippen LogP contribution in [0.1, 0.15) is 60.3 Å². The Morgan fingerprint density at radius 2 is 2.12 bits per heavy atom. The molecular weight excluding hydrogens is 418 g/mol. The number of carbonyl (C=O) groups excluding carboxylic acids is 1. The molecule has 1 amide bonds. The van der Waals surface area contributed by atoms with Crippen molar-refractivity contribution in [2.24, 2.45) is 0 Å². The molecule has 2 aliphatic rings. The quantitative estimate of drug-likeness (QED) is 0.490. The normalized spacial score (nSPS) is 19.8. The molecular formula is C26H29N3O4. The van der Waals surface area contributed by atoms with Gasteiger partial charge < -0.3 is 19.5 Å². The van der Waals surface area contributed by atoms with Crippen LogP contribution in [0.3, 0.4) is 0 Å². The number of phenols is 1. The fourth-order valence-corrected chi connectivity index (χ4v) is 4.73. The van der Waals surface area contributed by atoms with E-state index in [9.17, 15) is 9.90 Å². The number of hydrogen-bond donors (Lipinski definition) is 2. The largest absolute Gasteiger partial charge is 0.507 e. The van der Waals surface area contributed by atoms with E-state index in [0.29, 0.717) is 30.1 Å². The van der Waals surface area contributed by atoms with Crippen molar-refractivity contribution in [2.75, 3.05) is 19.8 Å². The van der Waals surface area contributed by atoms with Gasteiger partial charge in [0.1, 0.15) is 22.9 Å². The predicted octanol–water partition coefficient (Wildman–Crippen LogP) is 4.69. The molecule has 3 heterocycles. The fourth-order valence-electron chi connectivity index (χ4n) is 4.73. The first-order valence-electron chi connectivity index (χ1n) is 11.7. The molecule has 0 spiro atoms. The van der Waals surface area contributed by atoms with Gasteiger partial charge in [0, 0.05) is 24.3 Å². The van der Waals surface area contributed by atoms with Crippen molar-refractivity contribution in [3.8, 4) is 22.8 Å². The van der Waals surface area contributed by atoms with Gasteiger partial charge in [0.05, 0.1) is 18.8 Å². The van der Waals surface area contributed by atoms with Crippen LogP contribution < -0.4 is 4.74 Å². The molecule has 1 saturated heterocycles. The molecule has 33 heavy (non-hydrogen) atoms. The van der Waals surface area contributed by atoms with Gasteiger partial charge in [-0.2, -0.15) is 5.10 Å². The van der Waals surface area contributed by atoms with Gasteiger partial charge in [0.2, 0.25) is 0 Å². The Hall–Kier alpha value is -3.32. The first-order chi connectivity index (χ1) is 16.2. The third-order valence-corrected chi connectivity index (χ3v) is 6.39. The van der Waals surface area contributed by atoms with E-state index in [4.69, 9.17) is 9.47 Å². The summed E-state index contributed by atoms with van der Waals surface area (Å²) in [6.07, 6.45) is 4.02. The molecule has 0 radical (unpaired) electrons. The lowest BCUT2D eigenvalue weighted by Crippen LogP contribution is -2.36. The number of aromatic hydroxyl groups is 1. The molecule has 0 unspecified atom stereocenters. The van der Waals surface area contributed by atoms with Gasteiger partial charge in [-0.15, -0.1) is 0 Å². The zero-order valence-corrected chi connectivity index (χ0v) is 18.8. The molecule has 0 bridgehead atoms. The molecule has 172 valence electrons. The van der Waals surface area contributed by atoms with Crippen LogP contribution >= 0.6 is 0 Å². The zero-order chi connectivity index (χ0) is 22.8. The number of aromatic amines is 1. The van der Waals surface area contributed by atoms with Crippen molar-refractivity contribution in [2.45, 2.75) is 44.8 Å². The summed E-state index contributed by atoms with van der Waals surface area (Å²) >= 11 is 0. The highest BCUT2D eigenvalue weighted by Crippen LogP contribution is 2.45. The number of nitrogens with zero attached hydrogens (tertiary/aromatic N) is 2. The van der Waals surface area contributed by atoms with Gasteiger partial charge in [-0.05, 0) is 49.1 Å². The van der Waals surface area contributed by atoms with E-state index in [2.05, 4.69) is 17.1 Å². The van der Waals surface area contributed by atoms with E-state index in [1.165, 1.54) is 0 Å². The molecule has 2 N–H and O–H groups in total. The van der Waals surface area contributed by atoms with Crippen LogP contribution in [-0.4, -0.2) is 52.0 Å². The number of amides is 1. The van der Waals surface area contributed by atoms with Crippen LogP contribution in [0.2, 0.25) is 0 Å². The number of aromatic nitrogens is 2. The van der Waals surface area contributed by atoms with Gasteiger partial charge in [-0.1, -0.05) is 37.6 Å². The second-order valence-corrected chi connectivity index (χ2v) is 8.65. The minimum atomic E-state index is -0.347.